The number of hydrogen-bond acceptors (Lipinski definition) is 3. The van der Waals surface area contributed by atoms with Gasteiger partial charge in [-0.1, -0.05) is 36.2 Å². The van der Waals surface area contributed by atoms with Crippen molar-refractivity contribution in [2.75, 3.05) is 26.2 Å². The number of nitrogens with one attached hydrogen (secondary N) is 1. The molecule has 2 atom stereocenters. The van der Waals surface area contributed by atoms with Crippen LogP contribution in [0.5, 0.6) is 0 Å². The minimum atomic E-state index is -0.447. The number of benzene rings is 1. The van der Waals surface area contributed by atoms with Gasteiger partial charge in [-0.25, -0.2) is 0 Å². The molecule has 0 saturated carbocycles. The maximum absolute atomic E-state index is 11.6. The number of aliphatic hydroxyl groups is 1. The van der Waals surface area contributed by atoms with Crippen LogP contribution in [0.1, 0.15) is 55.4 Å². The molecule has 24 heavy (non-hydrogen) atoms. The Hall–Kier alpha value is -1.39. The minimum absolute atomic E-state index is 0.157. The van der Waals surface area contributed by atoms with Gasteiger partial charge in [-0.2, -0.15) is 0 Å². The fourth-order valence-corrected chi connectivity index (χ4v) is 3.61. The predicted molar refractivity (Wildman–Crippen MR) is 98.0 cm³/mol. The van der Waals surface area contributed by atoms with Gasteiger partial charge in [0.15, 0.2) is 0 Å². The van der Waals surface area contributed by atoms with Crippen molar-refractivity contribution < 1.29 is 9.90 Å². The Labute approximate surface area is 146 Å². The number of piperidine rings is 1. The van der Waals surface area contributed by atoms with E-state index in [1.165, 1.54) is 11.1 Å². The number of carbonyl (C=O) groups is 1. The number of amides is 1. The highest BCUT2D eigenvalue weighted by atomic mass is 16.3. The molecule has 1 aliphatic heterocycles. The van der Waals surface area contributed by atoms with E-state index in [4.69, 9.17) is 0 Å². The Morgan fingerprint density at radius 3 is 2.71 bits per heavy atom. The van der Waals surface area contributed by atoms with E-state index in [2.05, 4.69) is 42.3 Å². The fraction of sp³-hybridized carbons (Fsp3) is 0.650. The molecule has 2 rings (SSSR count). The Kier molecular flexibility index (Phi) is 7.25. The van der Waals surface area contributed by atoms with Crippen LogP contribution in [0.4, 0.5) is 0 Å². The number of aryl methyl sites for hydroxylation is 2. The molecule has 0 aliphatic carbocycles. The lowest BCUT2D eigenvalue weighted by Crippen LogP contribution is -2.42. The van der Waals surface area contributed by atoms with E-state index < -0.39 is 6.10 Å². The fourth-order valence-electron chi connectivity index (χ4n) is 3.61. The molecule has 0 aromatic heterocycles. The summed E-state index contributed by atoms with van der Waals surface area (Å²) in [5.74, 6) is 0.649. The van der Waals surface area contributed by atoms with Gasteiger partial charge >= 0.3 is 0 Å². The van der Waals surface area contributed by atoms with Crippen LogP contribution in [-0.2, 0) is 4.79 Å². The van der Waals surface area contributed by atoms with Gasteiger partial charge < -0.3 is 15.3 Å². The van der Waals surface area contributed by atoms with E-state index in [0.717, 1.165) is 44.5 Å². The number of β-amino-alcohol motifs (C(OH)–C–C–N with tert-alkyl or cyclic N) is 1. The third-order valence-corrected chi connectivity index (χ3v) is 4.73. The second-order valence-corrected chi connectivity index (χ2v) is 7.26. The quantitative estimate of drug-likeness (QED) is 0.807. The van der Waals surface area contributed by atoms with Gasteiger partial charge in [0, 0.05) is 26.1 Å². The molecule has 1 aliphatic rings. The Bertz CT molecular complexity index is 524. The van der Waals surface area contributed by atoms with Gasteiger partial charge in [0.1, 0.15) is 0 Å². The van der Waals surface area contributed by atoms with E-state index in [0.29, 0.717) is 18.9 Å². The largest absolute Gasteiger partial charge is 0.387 e. The molecule has 1 fully saturated rings. The molecule has 134 valence electrons. The van der Waals surface area contributed by atoms with Crippen LogP contribution < -0.4 is 5.32 Å². The van der Waals surface area contributed by atoms with Crippen molar-refractivity contribution in [2.45, 2.75) is 52.6 Å². The van der Waals surface area contributed by atoms with E-state index in [-0.39, 0.29) is 5.91 Å². The molecule has 1 heterocycles. The average molecular weight is 332 g/mol. The van der Waals surface area contributed by atoms with Gasteiger partial charge in [-0.05, 0) is 51.1 Å². The zero-order valence-electron chi connectivity index (χ0n) is 15.3. The summed E-state index contributed by atoms with van der Waals surface area (Å²) in [5.41, 5.74) is 3.39. The first-order valence-electron chi connectivity index (χ1n) is 9.23. The van der Waals surface area contributed by atoms with Crippen molar-refractivity contribution in [3.8, 4) is 0 Å². The summed E-state index contributed by atoms with van der Waals surface area (Å²) in [6, 6.07) is 6.28. The summed E-state index contributed by atoms with van der Waals surface area (Å²) in [6.45, 7) is 9.57. The molecular formula is C20H32N2O2. The van der Waals surface area contributed by atoms with Crippen molar-refractivity contribution in [3.63, 3.8) is 0 Å². The van der Waals surface area contributed by atoms with Crippen LogP contribution >= 0.6 is 0 Å². The monoisotopic (exact) mass is 332 g/mol. The van der Waals surface area contributed by atoms with E-state index in [1.54, 1.807) is 0 Å². The smallest absolute Gasteiger partial charge is 0.219 e. The van der Waals surface area contributed by atoms with Crippen LogP contribution in [-0.4, -0.2) is 42.1 Å². The van der Waals surface area contributed by atoms with Crippen molar-refractivity contribution >= 4 is 5.91 Å². The number of aliphatic hydroxyl groups excluding tert-OH is 1. The van der Waals surface area contributed by atoms with Crippen LogP contribution in [0.3, 0.4) is 0 Å². The molecule has 2 N–H and O–H groups in total. The van der Waals surface area contributed by atoms with Crippen LogP contribution in [0, 0.1) is 19.8 Å². The van der Waals surface area contributed by atoms with E-state index >= 15 is 0 Å². The molecule has 4 heteroatoms. The normalized spacial score (nSPS) is 19.9. The molecule has 0 bridgehead atoms. The Balaban J connectivity index is 1.84. The molecule has 0 spiro atoms. The number of likely N-dealkylation sites (tertiary alicyclic amines) is 1. The Morgan fingerprint density at radius 2 is 2.04 bits per heavy atom. The topological polar surface area (TPSA) is 52.6 Å². The molecular weight excluding hydrogens is 300 g/mol. The first-order chi connectivity index (χ1) is 11.5. The summed E-state index contributed by atoms with van der Waals surface area (Å²) in [6.07, 6.45) is 3.35. The van der Waals surface area contributed by atoms with Crippen molar-refractivity contribution in [1.82, 2.24) is 10.2 Å². The zero-order valence-corrected chi connectivity index (χ0v) is 15.3. The highest BCUT2D eigenvalue weighted by Gasteiger charge is 2.22. The van der Waals surface area contributed by atoms with Gasteiger partial charge in [-0.15, -0.1) is 0 Å². The molecule has 0 radical (unpaired) electrons. The SMILES string of the molecule is CCCC(=O)NCC1CCCN(CC(O)c2cc(C)cc(C)c2)C1. The predicted octanol–water partition coefficient (Wildman–Crippen LogP) is 2.97. The summed E-state index contributed by atoms with van der Waals surface area (Å²) < 4.78 is 0. The standard InChI is InChI=1S/C20H32N2O2/c1-4-6-20(24)21-12-17-7-5-8-22(13-17)14-19(23)18-10-15(2)9-16(3)11-18/h9-11,17,19,23H,4-8,12-14H2,1-3H3,(H,21,24). The van der Waals surface area contributed by atoms with Gasteiger partial charge in [0.25, 0.3) is 0 Å². The maximum Gasteiger partial charge on any atom is 0.219 e. The average Bonchev–Trinajstić information content (AvgIpc) is 2.53. The van der Waals surface area contributed by atoms with Gasteiger partial charge in [-0.3, -0.25) is 4.79 Å². The van der Waals surface area contributed by atoms with Gasteiger partial charge in [0.2, 0.25) is 5.91 Å². The molecule has 2 unspecified atom stereocenters. The minimum Gasteiger partial charge on any atom is -0.387 e. The van der Waals surface area contributed by atoms with Crippen molar-refractivity contribution in [1.29, 1.82) is 0 Å². The summed E-state index contributed by atoms with van der Waals surface area (Å²) in [4.78, 5) is 14.0. The van der Waals surface area contributed by atoms with Crippen molar-refractivity contribution in [3.05, 3.63) is 34.9 Å². The summed E-state index contributed by atoms with van der Waals surface area (Å²) in [7, 11) is 0. The first kappa shape index (κ1) is 18.9. The molecule has 4 nitrogen and oxygen atoms in total. The number of rotatable bonds is 7. The summed E-state index contributed by atoms with van der Waals surface area (Å²) >= 11 is 0. The number of hydrogen-bond donors (Lipinski definition) is 2. The third kappa shape index (κ3) is 5.91. The maximum atomic E-state index is 11.6. The molecule has 1 amide bonds. The molecule has 1 saturated heterocycles. The van der Waals surface area contributed by atoms with Crippen LogP contribution in [0.25, 0.3) is 0 Å². The van der Waals surface area contributed by atoms with E-state index in [1.807, 2.05) is 6.92 Å². The second-order valence-electron chi connectivity index (χ2n) is 7.26. The Morgan fingerprint density at radius 1 is 1.33 bits per heavy atom. The highest BCUT2D eigenvalue weighted by molar-refractivity contribution is 5.75. The number of carbonyl (C=O) groups excluding carboxylic acids is 1. The molecule has 1 aromatic rings. The summed E-state index contributed by atoms with van der Waals surface area (Å²) in [5, 5.41) is 13.6. The molecule has 1 aromatic carbocycles. The van der Waals surface area contributed by atoms with Gasteiger partial charge in [0.05, 0.1) is 6.10 Å². The third-order valence-electron chi connectivity index (χ3n) is 4.73. The zero-order chi connectivity index (χ0) is 17.5. The highest BCUT2D eigenvalue weighted by Crippen LogP contribution is 2.22. The number of nitrogens with zero attached hydrogens (tertiary/aromatic N) is 1. The first-order valence-corrected chi connectivity index (χ1v) is 9.23. The van der Waals surface area contributed by atoms with E-state index in [9.17, 15) is 9.90 Å². The second kappa shape index (κ2) is 9.19. The van der Waals surface area contributed by atoms with Crippen LogP contribution in [0.2, 0.25) is 0 Å². The lowest BCUT2D eigenvalue weighted by Gasteiger charge is -2.34. The lowest BCUT2D eigenvalue weighted by atomic mass is 9.96. The van der Waals surface area contributed by atoms with Crippen LogP contribution in [0.15, 0.2) is 18.2 Å². The van der Waals surface area contributed by atoms with Crippen molar-refractivity contribution in [2.24, 2.45) is 5.92 Å². The lowest BCUT2D eigenvalue weighted by molar-refractivity contribution is -0.121.